The van der Waals surface area contributed by atoms with Gasteiger partial charge in [0.15, 0.2) is 0 Å². The fourth-order valence-electron chi connectivity index (χ4n) is 3.06. The van der Waals surface area contributed by atoms with E-state index in [4.69, 9.17) is 0 Å². The van der Waals surface area contributed by atoms with Gasteiger partial charge in [-0.3, -0.25) is 0 Å². The van der Waals surface area contributed by atoms with Crippen molar-refractivity contribution in [2.75, 3.05) is 19.6 Å². The molecule has 3 rings (SSSR count). The molecule has 0 radical (unpaired) electrons. The zero-order valence-corrected chi connectivity index (χ0v) is 14.4. The SMILES string of the molecule is Cc1nn(-c2ccccc2)c(C)c1CNCC1CNCC1O.Cl. The monoisotopic (exact) mass is 336 g/mol. The number of rotatable bonds is 5. The second-order valence-electron chi connectivity index (χ2n) is 6.01. The maximum absolute atomic E-state index is 9.83. The van der Waals surface area contributed by atoms with Gasteiger partial charge in [-0.25, -0.2) is 4.68 Å². The highest BCUT2D eigenvalue weighted by Gasteiger charge is 2.24. The lowest BCUT2D eigenvalue weighted by Crippen LogP contribution is -2.30. The van der Waals surface area contributed by atoms with Gasteiger partial charge in [0, 0.05) is 43.4 Å². The van der Waals surface area contributed by atoms with Crippen molar-refractivity contribution in [1.29, 1.82) is 0 Å². The Bertz CT molecular complexity index is 629. The van der Waals surface area contributed by atoms with Gasteiger partial charge in [0.05, 0.1) is 17.5 Å². The van der Waals surface area contributed by atoms with Crippen LogP contribution in [0.1, 0.15) is 17.0 Å². The molecule has 23 heavy (non-hydrogen) atoms. The molecule has 2 unspecified atom stereocenters. The van der Waals surface area contributed by atoms with Gasteiger partial charge in [-0.1, -0.05) is 18.2 Å². The zero-order chi connectivity index (χ0) is 15.5. The van der Waals surface area contributed by atoms with Crippen LogP contribution in [0.5, 0.6) is 0 Å². The van der Waals surface area contributed by atoms with E-state index in [0.717, 1.165) is 31.0 Å². The smallest absolute Gasteiger partial charge is 0.0716 e. The van der Waals surface area contributed by atoms with E-state index >= 15 is 0 Å². The number of benzene rings is 1. The largest absolute Gasteiger partial charge is 0.391 e. The standard InChI is InChI=1S/C17H24N4O.ClH/c1-12-16(10-18-8-14-9-19-11-17(14)22)13(2)21(20-12)15-6-4-3-5-7-15;/h3-7,14,17-19,22H,8-11H2,1-2H3;1H. The second kappa shape index (κ2) is 7.93. The van der Waals surface area contributed by atoms with Crippen molar-refractivity contribution >= 4 is 12.4 Å². The molecule has 2 heterocycles. The minimum atomic E-state index is -0.235. The highest BCUT2D eigenvalue weighted by molar-refractivity contribution is 5.85. The van der Waals surface area contributed by atoms with Crippen LogP contribution in [0.3, 0.4) is 0 Å². The molecule has 5 nitrogen and oxygen atoms in total. The summed E-state index contributed by atoms with van der Waals surface area (Å²) in [6, 6.07) is 10.2. The van der Waals surface area contributed by atoms with Crippen molar-refractivity contribution in [2.45, 2.75) is 26.5 Å². The second-order valence-corrected chi connectivity index (χ2v) is 6.01. The quantitative estimate of drug-likeness (QED) is 0.776. The Morgan fingerprint density at radius 1 is 1.26 bits per heavy atom. The van der Waals surface area contributed by atoms with Crippen molar-refractivity contribution in [3.63, 3.8) is 0 Å². The molecule has 3 N–H and O–H groups in total. The molecule has 1 saturated heterocycles. The molecule has 1 aliphatic rings. The van der Waals surface area contributed by atoms with Crippen LogP contribution >= 0.6 is 12.4 Å². The molecule has 0 bridgehead atoms. The van der Waals surface area contributed by atoms with Crippen molar-refractivity contribution in [3.8, 4) is 5.69 Å². The summed E-state index contributed by atoms with van der Waals surface area (Å²) in [7, 11) is 0. The number of halogens is 1. The maximum atomic E-state index is 9.83. The summed E-state index contributed by atoms with van der Waals surface area (Å²) >= 11 is 0. The molecule has 6 heteroatoms. The van der Waals surface area contributed by atoms with E-state index < -0.39 is 0 Å². The number of hydrogen-bond donors (Lipinski definition) is 3. The average Bonchev–Trinajstić information content (AvgIpc) is 3.06. The summed E-state index contributed by atoms with van der Waals surface area (Å²) in [5, 5.41) is 21.2. The summed E-state index contributed by atoms with van der Waals surface area (Å²) in [6.45, 7) is 7.36. The summed E-state index contributed by atoms with van der Waals surface area (Å²) in [4.78, 5) is 0. The average molecular weight is 337 g/mol. The molecule has 1 fully saturated rings. The van der Waals surface area contributed by atoms with Gasteiger partial charge in [-0.05, 0) is 26.0 Å². The van der Waals surface area contributed by atoms with E-state index in [1.54, 1.807) is 0 Å². The maximum Gasteiger partial charge on any atom is 0.0716 e. The van der Waals surface area contributed by atoms with Crippen LogP contribution in [0.2, 0.25) is 0 Å². The van der Waals surface area contributed by atoms with Gasteiger partial charge in [-0.15, -0.1) is 12.4 Å². The van der Waals surface area contributed by atoms with E-state index in [2.05, 4.69) is 41.7 Å². The first-order valence-corrected chi connectivity index (χ1v) is 7.87. The molecule has 2 aromatic rings. The van der Waals surface area contributed by atoms with Gasteiger partial charge in [0.2, 0.25) is 0 Å². The van der Waals surface area contributed by atoms with Crippen LogP contribution < -0.4 is 10.6 Å². The number of aryl methyl sites for hydroxylation is 1. The number of hydrogen-bond acceptors (Lipinski definition) is 4. The first-order valence-electron chi connectivity index (χ1n) is 7.87. The molecule has 1 aromatic carbocycles. The first kappa shape index (κ1) is 17.9. The molecule has 0 amide bonds. The molecule has 1 aromatic heterocycles. The summed E-state index contributed by atoms with van der Waals surface area (Å²) in [6.07, 6.45) is -0.235. The van der Waals surface area contributed by atoms with E-state index in [-0.39, 0.29) is 18.5 Å². The minimum absolute atomic E-state index is 0. The molecule has 0 aliphatic carbocycles. The fraction of sp³-hybridized carbons (Fsp3) is 0.471. The summed E-state index contributed by atoms with van der Waals surface area (Å²) in [5.74, 6) is 0.296. The highest BCUT2D eigenvalue weighted by atomic mass is 35.5. The number of nitrogens with one attached hydrogen (secondary N) is 2. The number of aliphatic hydroxyl groups excluding tert-OH is 1. The number of aliphatic hydroxyl groups is 1. The van der Waals surface area contributed by atoms with Gasteiger partial charge < -0.3 is 15.7 Å². The first-order chi connectivity index (χ1) is 10.7. The molecule has 0 spiro atoms. The van der Waals surface area contributed by atoms with Crippen LogP contribution in [0, 0.1) is 19.8 Å². The Kier molecular flexibility index (Phi) is 6.18. The third-order valence-electron chi connectivity index (χ3n) is 4.45. The Labute approximate surface area is 143 Å². The van der Waals surface area contributed by atoms with Crippen molar-refractivity contribution < 1.29 is 5.11 Å². The molecule has 126 valence electrons. The predicted octanol–water partition coefficient (Wildman–Crippen LogP) is 1.58. The summed E-state index contributed by atoms with van der Waals surface area (Å²) in [5.41, 5.74) is 4.55. The van der Waals surface area contributed by atoms with Gasteiger partial charge in [-0.2, -0.15) is 5.10 Å². The Hall–Kier alpha value is -1.40. The van der Waals surface area contributed by atoms with Gasteiger partial charge >= 0.3 is 0 Å². The lowest BCUT2D eigenvalue weighted by Gasteiger charge is -2.14. The molecular weight excluding hydrogens is 312 g/mol. The predicted molar refractivity (Wildman–Crippen MR) is 94.4 cm³/mol. The normalized spacial score (nSPS) is 20.5. The van der Waals surface area contributed by atoms with E-state index in [1.165, 1.54) is 11.3 Å². The Morgan fingerprint density at radius 3 is 2.65 bits per heavy atom. The van der Waals surface area contributed by atoms with Crippen molar-refractivity contribution in [1.82, 2.24) is 20.4 Å². The minimum Gasteiger partial charge on any atom is -0.391 e. The van der Waals surface area contributed by atoms with Crippen LogP contribution in [-0.4, -0.2) is 40.6 Å². The fourth-order valence-corrected chi connectivity index (χ4v) is 3.06. The highest BCUT2D eigenvalue weighted by Crippen LogP contribution is 2.18. The van der Waals surface area contributed by atoms with E-state index in [9.17, 15) is 5.11 Å². The number of aromatic nitrogens is 2. The van der Waals surface area contributed by atoms with Crippen molar-refractivity contribution in [3.05, 3.63) is 47.3 Å². The lowest BCUT2D eigenvalue weighted by atomic mass is 10.1. The molecular formula is C17H25ClN4O. The topological polar surface area (TPSA) is 62.1 Å². The number of para-hydroxylation sites is 1. The molecule has 2 atom stereocenters. The van der Waals surface area contributed by atoms with Crippen LogP contribution in [0.15, 0.2) is 30.3 Å². The lowest BCUT2D eigenvalue weighted by molar-refractivity contribution is 0.146. The Balaban J connectivity index is 0.00000192. The van der Waals surface area contributed by atoms with Crippen LogP contribution in [-0.2, 0) is 6.54 Å². The van der Waals surface area contributed by atoms with Crippen LogP contribution in [0.4, 0.5) is 0 Å². The summed E-state index contributed by atoms with van der Waals surface area (Å²) < 4.78 is 2.00. The Morgan fingerprint density at radius 2 is 2.00 bits per heavy atom. The molecule has 0 saturated carbocycles. The van der Waals surface area contributed by atoms with Crippen molar-refractivity contribution in [2.24, 2.45) is 5.92 Å². The van der Waals surface area contributed by atoms with Gasteiger partial charge in [0.1, 0.15) is 0 Å². The third kappa shape index (κ3) is 3.93. The number of β-amino-alcohol motifs (C(OH)–C–C–N with tert-alkyl or cyclic N) is 1. The third-order valence-corrected chi connectivity index (χ3v) is 4.45. The zero-order valence-electron chi connectivity index (χ0n) is 13.6. The van der Waals surface area contributed by atoms with Crippen LogP contribution in [0.25, 0.3) is 5.69 Å². The van der Waals surface area contributed by atoms with E-state index in [0.29, 0.717) is 12.5 Å². The number of nitrogens with zero attached hydrogens (tertiary/aromatic N) is 2. The molecule has 1 aliphatic heterocycles. The van der Waals surface area contributed by atoms with E-state index in [1.807, 2.05) is 22.9 Å². The van der Waals surface area contributed by atoms with Gasteiger partial charge in [0.25, 0.3) is 0 Å².